The minimum atomic E-state index is -0.617. The molecule has 0 radical (unpaired) electrons. The molecule has 0 bridgehead atoms. The van der Waals surface area contributed by atoms with Crippen molar-refractivity contribution in [3.8, 4) is 0 Å². The molecule has 4 aromatic rings. The second-order valence-electron chi connectivity index (χ2n) is 8.45. The lowest BCUT2D eigenvalue weighted by Gasteiger charge is -2.06. The molecule has 0 aliphatic carbocycles. The average molecular weight is 673 g/mol. The maximum atomic E-state index is 12.8. The maximum absolute atomic E-state index is 12.8. The molecule has 0 fully saturated rings. The minimum absolute atomic E-state index is 0.0535. The molecule has 0 saturated heterocycles. The molecule has 5 nitrogen and oxygen atoms in total. The van der Waals surface area contributed by atoms with Crippen LogP contribution < -0.4 is 0 Å². The van der Waals surface area contributed by atoms with Gasteiger partial charge in [0.1, 0.15) is 16.4 Å². The highest BCUT2D eigenvalue weighted by Crippen LogP contribution is 2.41. The van der Waals surface area contributed by atoms with Crippen molar-refractivity contribution in [3.63, 3.8) is 0 Å². The molecule has 1 aliphatic heterocycles. The number of rotatable bonds is 6. The normalized spacial score (nSPS) is 15.7. The van der Waals surface area contributed by atoms with Gasteiger partial charge in [-0.1, -0.05) is 67.4 Å². The summed E-state index contributed by atoms with van der Waals surface area (Å²) in [5.41, 5.74) is 3.78. The van der Waals surface area contributed by atoms with Crippen LogP contribution in [0.25, 0.3) is 17.0 Å². The lowest BCUT2D eigenvalue weighted by Crippen LogP contribution is -2.12. The molecule has 5 rings (SSSR count). The number of thioether (sulfide) groups is 1. The molecule has 2 heterocycles. The Bertz CT molecular complexity index is 1620. The Balaban J connectivity index is 1.58. The number of halogens is 3. The van der Waals surface area contributed by atoms with Gasteiger partial charge in [0.05, 0.1) is 17.2 Å². The van der Waals surface area contributed by atoms with E-state index in [4.69, 9.17) is 16.3 Å². The number of nitrogens with zero attached hydrogens (tertiary/aromatic N) is 2. The fourth-order valence-electron chi connectivity index (χ4n) is 4.10. The molecule has 3 aromatic carbocycles. The Morgan fingerprint density at radius 3 is 2.50 bits per heavy atom. The maximum Gasteiger partial charge on any atom is 0.344 e. The first kappa shape index (κ1) is 26.8. The lowest BCUT2D eigenvalue weighted by molar-refractivity contribution is -0.138. The van der Waals surface area contributed by atoms with Crippen molar-refractivity contribution in [3.05, 3.63) is 114 Å². The van der Waals surface area contributed by atoms with Gasteiger partial charge in [-0.15, -0.1) is 0 Å². The van der Waals surface area contributed by atoms with E-state index >= 15 is 0 Å². The van der Waals surface area contributed by atoms with Crippen LogP contribution in [0.1, 0.15) is 18.1 Å². The third kappa shape index (κ3) is 5.78. The lowest BCUT2D eigenvalue weighted by atomic mass is 10.1. The molecule has 192 valence electrons. The fraction of sp³-hybridized carbons (Fsp3) is 0.103. The molecular weight excluding hydrogens is 652 g/mol. The molecule has 0 amide bonds. The summed E-state index contributed by atoms with van der Waals surface area (Å²) >= 11 is 14.3. The molecule has 1 aromatic heterocycles. The van der Waals surface area contributed by atoms with Gasteiger partial charge in [-0.2, -0.15) is 0 Å². The van der Waals surface area contributed by atoms with E-state index in [1.807, 2.05) is 24.3 Å². The van der Waals surface area contributed by atoms with Crippen LogP contribution in [0.5, 0.6) is 0 Å². The molecule has 0 atom stereocenters. The Morgan fingerprint density at radius 1 is 1.08 bits per heavy atom. The van der Waals surface area contributed by atoms with Crippen LogP contribution in [0.2, 0.25) is 5.02 Å². The largest absolute Gasteiger partial charge is 0.506 e. The first-order valence-electron chi connectivity index (χ1n) is 11.7. The van der Waals surface area contributed by atoms with Gasteiger partial charge in [-0.25, -0.2) is 9.79 Å². The SMILES string of the molecule is CCOC(=O)C1=C(O)/C(=C/c2cn(Cc3ccc(Br)cc3)c3ccc(Br)cc23)SC1=Nc1ccc(Cl)cc1. The zero-order chi connectivity index (χ0) is 26.8. The molecule has 1 N–H and O–H groups in total. The number of esters is 1. The number of aliphatic hydroxyl groups is 1. The summed E-state index contributed by atoms with van der Waals surface area (Å²) in [5, 5.41) is 13.1. The van der Waals surface area contributed by atoms with E-state index in [9.17, 15) is 9.90 Å². The first-order chi connectivity index (χ1) is 18.3. The van der Waals surface area contributed by atoms with E-state index in [-0.39, 0.29) is 17.9 Å². The standard InChI is InChI=1S/C29H21Br2ClN2O3S/c1-2-37-29(36)26-27(35)25(38-28(26)33-22-10-8-21(32)9-11-22)13-18-16-34(15-17-3-5-19(30)6-4-17)24-12-7-20(31)14-23(18)24/h3-14,16,35H,2,15H2,1H3/b25-13-,33-28?. The second-order valence-corrected chi connectivity index (χ2v) is 11.7. The smallest absolute Gasteiger partial charge is 0.344 e. The van der Waals surface area contributed by atoms with Crippen LogP contribution >= 0.6 is 55.2 Å². The predicted octanol–water partition coefficient (Wildman–Crippen LogP) is 9.06. The van der Waals surface area contributed by atoms with Crippen molar-refractivity contribution in [1.29, 1.82) is 0 Å². The van der Waals surface area contributed by atoms with Gasteiger partial charge < -0.3 is 14.4 Å². The van der Waals surface area contributed by atoms with Crippen molar-refractivity contribution in [2.45, 2.75) is 13.5 Å². The molecule has 38 heavy (non-hydrogen) atoms. The number of benzene rings is 3. The zero-order valence-electron chi connectivity index (χ0n) is 20.1. The predicted molar refractivity (Wildman–Crippen MR) is 163 cm³/mol. The third-order valence-corrected chi connectivity index (χ3v) is 8.15. The summed E-state index contributed by atoms with van der Waals surface area (Å²) in [4.78, 5) is 17.9. The summed E-state index contributed by atoms with van der Waals surface area (Å²) in [5.74, 6) is -0.765. The van der Waals surface area contributed by atoms with Crippen LogP contribution in [-0.2, 0) is 16.1 Å². The molecule has 0 saturated carbocycles. The number of carbonyl (C=O) groups excluding carboxylic acids is 1. The summed E-state index contributed by atoms with van der Waals surface area (Å²) < 4.78 is 9.38. The Morgan fingerprint density at radius 2 is 1.79 bits per heavy atom. The number of aliphatic hydroxyl groups excluding tert-OH is 1. The second kappa shape index (κ2) is 11.5. The van der Waals surface area contributed by atoms with E-state index in [1.54, 1.807) is 31.2 Å². The van der Waals surface area contributed by atoms with Crippen molar-refractivity contribution in [2.24, 2.45) is 4.99 Å². The molecule has 1 aliphatic rings. The number of aromatic nitrogens is 1. The highest BCUT2D eigenvalue weighted by molar-refractivity contribution is 9.10. The van der Waals surface area contributed by atoms with Crippen LogP contribution in [0.4, 0.5) is 5.69 Å². The van der Waals surface area contributed by atoms with Gasteiger partial charge in [0.25, 0.3) is 0 Å². The third-order valence-electron chi connectivity index (χ3n) is 5.85. The summed E-state index contributed by atoms with van der Waals surface area (Å²) in [6, 6.07) is 21.3. The number of aliphatic imine (C=N–C) groups is 1. The van der Waals surface area contributed by atoms with Crippen LogP contribution in [0, 0.1) is 0 Å². The Labute approximate surface area is 246 Å². The Kier molecular flexibility index (Phi) is 8.14. The van der Waals surface area contributed by atoms with Gasteiger partial charge >= 0.3 is 5.97 Å². The van der Waals surface area contributed by atoms with Crippen molar-refractivity contribution >= 4 is 88.9 Å². The quantitative estimate of drug-likeness (QED) is 0.208. The Hall–Kier alpha value is -2.78. The number of hydrogen-bond acceptors (Lipinski definition) is 5. The van der Waals surface area contributed by atoms with Crippen molar-refractivity contribution in [2.75, 3.05) is 6.61 Å². The number of hydrogen-bond donors (Lipinski definition) is 1. The number of ether oxygens (including phenoxy) is 1. The van der Waals surface area contributed by atoms with Gasteiger partial charge in [-0.3, -0.25) is 0 Å². The van der Waals surface area contributed by atoms with Gasteiger partial charge in [0.15, 0.2) is 0 Å². The van der Waals surface area contributed by atoms with E-state index in [1.165, 1.54) is 11.8 Å². The average Bonchev–Trinajstić information content (AvgIpc) is 3.38. The summed E-state index contributed by atoms with van der Waals surface area (Å²) in [6.07, 6.45) is 3.94. The summed E-state index contributed by atoms with van der Waals surface area (Å²) in [7, 11) is 0. The van der Waals surface area contributed by atoms with Crippen molar-refractivity contribution in [1.82, 2.24) is 4.57 Å². The van der Waals surface area contributed by atoms with Gasteiger partial charge in [0.2, 0.25) is 0 Å². The molecular formula is C29H21Br2ClN2O3S. The minimum Gasteiger partial charge on any atom is -0.506 e. The van der Waals surface area contributed by atoms with E-state index < -0.39 is 5.97 Å². The highest BCUT2D eigenvalue weighted by Gasteiger charge is 2.33. The fourth-order valence-corrected chi connectivity index (χ4v) is 5.87. The van der Waals surface area contributed by atoms with Gasteiger partial charge in [-0.05, 0) is 73.2 Å². The molecule has 0 spiro atoms. The molecule has 9 heteroatoms. The van der Waals surface area contributed by atoms with Crippen LogP contribution in [0.15, 0.2) is 103 Å². The van der Waals surface area contributed by atoms with E-state index in [2.05, 4.69) is 71.9 Å². The monoisotopic (exact) mass is 670 g/mol. The van der Waals surface area contributed by atoms with E-state index in [0.717, 1.165) is 31.0 Å². The highest BCUT2D eigenvalue weighted by atomic mass is 79.9. The zero-order valence-corrected chi connectivity index (χ0v) is 24.9. The number of fused-ring (bicyclic) bond motifs is 1. The number of carbonyl (C=O) groups is 1. The van der Waals surface area contributed by atoms with Gasteiger partial charge in [0, 0.05) is 43.2 Å². The summed E-state index contributed by atoms with van der Waals surface area (Å²) in [6.45, 7) is 2.59. The van der Waals surface area contributed by atoms with E-state index in [0.29, 0.717) is 27.2 Å². The van der Waals surface area contributed by atoms with Crippen LogP contribution in [-0.4, -0.2) is 27.3 Å². The van der Waals surface area contributed by atoms with Crippen molar-refractivity contribution < 1.29 is 14.6 Å². The first-order valence-corrected chi connectivity index (χ1v) is 14.5. The molecule has 0 unspecified atom stereocenters. The van der Waals surface area contributed by atoms with Crippen LogP contribution in [0.3, 0.4) is 0 Å². The topological polar surface area (TPSA) is 63.8 Å².